The van der Waals surface area contributed by atoms with E-state index >= 15 is 0 Å². The lowest BCUT2D eigenvalue weighted by atomic mass is 10.3. The maximum atomic E-state index is 6.04. The maximum Gasteiger partial charge on any atom is 0.147 e. The summed E-state index contributed by atoms with van der Waals surface area (Å²) in [4.78, 5) is 6.68. The van der Waals surface area contributed by atoms with Crippen LogP contribution in [0, 0.1) is 13.8 Å². The van der Waals surface area contributed by atoms with E-state index in [-0.39, 0.29) is 5.82 Å². The van der Waals surface area contributed by atoms with E-state index in [9.17, 15) is 0 Å². The molecule has 3 N–H and O–H groups in total. The van der Waals surface area contributed by atoms with E-state index in [1.54, 1.807) is 17.4 Å². The first-order valence-electron chi connectivity index (χ1n) is 5.38. The molecule has 0 aliphatic heterocycles. The van der Waals surface area contributed by atoms with Crippen LogP contribution in [0.3, 0.4) is 0 Å². The van der Waals surface area contributed by atoms with Gasteiger partial charge < -0.3 is 11.1 Å². The highest BCUT2D eigenvalue weighted by molar-refractivity contribution is 7.12. The number of halogens is 2. The number of thiophene rings is 1. The van der Waals surface area contributed by atoms with Crippen LogP contribution in [-0.4, -0.2) is 4.98 Å². The molecule has 0 spiro atoms. The normalized spacial score (nSPS) is 10.7. The highest BCUT2D eigenvalue weighted by Gasteiger charge is 2.08. The van der Waals surface area contributed by atoms with Crippen LogP contribution in [0.25, 0.3) is 0 Å². The molecule has 2 rings (SSSR count). The van der Waals surface area contributed by atoms with Crippen LogP contribution >= 0.6 is 34.5 Å². The van der Waals surface area contributed by atoms with Gasteiger partial charge in [-0.3, -0.25) is 0 Å². The van der Waals surface area contributed by atoms with Gasteiger partial charge in [0.15, 0.2) is 0 Å². The molecule has 0 saturated carbocycles. The van der Waals surface area contributed by atoms with E-state index in [1.165, 1.54) is 15.3 Å². The molecule has 0 aliphatic carbocycles. The zero-order chi connectivity index (χ0) is 13.3. The van der Waals surface area contributed by atoms with Crippen LogP contribution in [0.4, 0.5) is 11.6 Å². The average molecular weight is 302 g/mol. The fraction of sp³-hybridized carbons (Fsp3) is 0.250. The van der Waals surface area contributed by atoms with Crippen molar-refractivity contribution in [1.82, 2.24) is 4.98 Å². The largest absolute Gasteiger partial charge is 0.382 e. The Kier molecular flexibility index (Phi) is 4.00. The standard InChI is InChI=1S/C12H13Cl2N3S/c1-6-3-8(18-7(6)2)5-16-12-10(14)4-9(13)11(15)17-12/h3-4H,5H2,1-2H3,(H3,15,16,17). The molecule has 96 valence electrons. The Morgan fingerprint density at radius 1 is 1.28 bits per heavy atom. The number of nitrogens with zero attached hydrogens (tertiary/aromatic N) is 1. The summed E-state index contributed by atoms with van der Waals surface area (Å²) in [5.41, 5.74) is 6.95. The Balaban J connectivity index is 2.13. The second-order valence-electron chi connectivity index (χ2n) is 3.99. The summed E-state index contributed by atoms with van der Waals surface area (Å²) in [6, 6.07) is 3.75. The van der Waals surface area contributed by atoms with Gasteiger partial charge in [0.25, 0.3) is 0 Å². The Morgan fingerprint density at radius 3 is 2.61 bits per heavy atom. The van der Waals surface area contributed by atoms with Crippen LogP contribution in [-0.2, 0) is 6.54 Å². The van der Waals surface area contributed by atoms with Gasteiger partial charge in [-0.25, -0.2) is 4.98 Å². The minimum Gasteiger partial charge on any atom is -0.382 e. The fourth-order valence-electron chi connectivity index (χ4n) is 1.51. The van der Waals surface area contributed by atoms with Crippen molar-refractivity contribution in [3.05, 3.63) is 37.5 Å². The lowest BCUT2D eigenvalue weighted by molar-refractivity contribution is 1.14. The summed E-state index contributed by atoms with van der Waals surface area (Å²) >= 11 is 13.6. The zero-order valence-electron chi connectivity index (χ0n) is 10.1. The number of nitrogens with one attached hydrogen (secondary N) is 1. The molecule has 0 aliphatic rings. The second-order valence-corrected chi connectivity index (χ2v) is 6.15. The summed E-state index contributed by atoms with van der Waals surface area (Å²) in [5, 5.41) is 4.01. The SMILES string of the molecule is Cc1cc(CNc2nc(N)c(Cl)cc2Cl)sc1C. The van der Waals surface area contributed by atoms with Crippen molar-refractivity contribution in [2.24, 2.45) is 0 Å². The predicted octanol–water partition coefficient (Wildman–Crippen LogP) is 4.26. The molecule has 0 aromatic carbocycles. The number of aromatic nitrogens is 1. The van der Waals surface area contributed by atoms with Crippen molar-refractivity contribution in [2.75, 3.05) is 11.1 Å². The van der Waals surface area contributed by atoms with Gasteiger partial charge in [0.2, 0.25) is 0 Å². The maximum absolute atomic E-state index is 6.04. The van der Waals surface area contributed by atoms with Crippen LogP contribution < -0.4 is 11.1 Å². The number of rotatable bonds is 3. The number of pyridine rings is 1. The first-order valence-corrected chi connectivity index (χ1v) is 6.96. The monoisotopic (exact) mass is 301 g/mol. The van der Waals surface area contributed by atoms with Crippen LogP contribution in [0.2, 0.25) is 10.0 Å². The third-order valence-electron chi connectivity index (χ3n) is 2.60. The topological polar surface area (TPSA) is 50.9 Å². The highest BCUT2D eigenvalue weighted by atomic mass is 35.5. The van der Waals surface area contributed by atoms with E-state index in [4.69, 9.17) is 28.9 Å². The van der Waals surface area contributed by atoms with E-state index in [0.29, 0.717) is 22.4 Å². The summed E-state index contributed by atoms with van der Waals surface area (Å²) in [6.07, 6.45) is 0. The Bertz CT molecular complexity index is 561. The van der Waals surface area contributed by atoms with Gasteiger partial charge in [-0.05, 0) is 31.5 Å². The summed E-state index contributed by atoms with van der Waals surface area (Å²) in [7, 11) is 0. The van der Waals surface area contributed by atoms with Crippen LogP contribution in [0.5, 0.6) is 0 Å². The molecule has 3 nitrogen and oxygen atoms in total. The summed E-state index contributed by atoms with van der Waals surface area (Å²) < 4.78 is 0. The number of hydrogen-bond acceptors (Lipinski definition) is 4. The average Bonchev–Trinajstić information content (AvgIpc) is 2.62. The molecule has 2 heterocycles. The van der Waals surface area contributed by atoms with Crippen molar-refractivity contribution < 1.29 is 0 Å². The van der Waals surface area contributed by atoms with Crippen molar-refractivity contribution in [3.63, 3.8) is 0 Å². The van der Waals surface area contributed by atoms with Crippen molar-refractivity contribution in [3.8, 4) is 0 Å². The van der Waals surface area contributed by atoms with Crippen LogP contribution in [0.1, 0.15) is 15.3 Å². The molecule has 0 atom stereocenters. The molecular formula is C12H13Cl2N3S. The lowest BCUT2D eigenvalue weighted by Gasteiger charge is -2.08. The number of anilines is 2. The second kappa shape index (κ2) is 5.34. The molecular weight excluding hydrogens is 289 g/mol. The molecule has 0 saturated heterocycles. The first-order chi connectivity index (χ1) is 8.47. The van der Waals surface area contributed by atoms with Gasteiger partial charge >= 0.3 is 0 Å². The smallest absolute Gasteiger partial charge is 0.147 e. The van der Waals surface area contributed by atoms with Gasteiger partial charge in [-0.1, -0.05) is 23.2 Å². The van der Waals surface area contributed by atoms with Crippen molar-refractivity contribution in [1.29, 1.82) is 0 Å². The molecule has 18 heavy (non-hydrogen) atoms. The first kappa shape index (κ1) is 13.5. The zero-order valence-corrected chi connectivity index (χ0v) is 12.4. The molecule has 2 aromatic rings. The van der Waals surface area contributed by atoms with Crippen molar-refractivity contribution in [2.45, 2.75) is 20.4 Å². The highest BCUT2D eigenvalue weighted by Crippen LogP contribution is 2.28. The molecule has 0 radical (unpaired) electrons. The fourth-order valence-corrected chi connectivity index (χ4v) is 2.93. The van der Waals surface area contributed by atoms with E-state index in [1.807, 2.05) is 0 Å². The molecule has 6 heteroatoms. The number of nitrogens with two attached hydrogens (primary N) is 1. The van der Waals surface area contributed by atoms with E-state index in [0.717, 1.165) is 0 Å². The van der Waals surface area contributed by atoms with E-state index < -0.39 is 0 Å². The van der Waals surface area contributed by atoms with Gasteiger partial charge in [0, 0.05) is 9.75 Å². The van der Waals surface area contributed by atoms with Crippen molar-refractivity contribution >= 4 is 46.2 Å². The number of nitrogen functional groups attached to an aromatic ring is 1. The summed E-state index contributed by atoms with van der Waals surface area (Å²) in [6.45, 7) is 4.88. The number of aryl methyl sites for hydroxylation is 2. The van der Waals surface area contributed by atoms with Gasteiger partial charge in [-0.2, -0.15) is 0 Å². The predicted molar refractivity (Wildman–Crippen MR) is 79.8 cm³/mol. The number of hydrogen-bond donors (Lipinski definition) is 2. The van der Waals surface area contributed by atoms with Gasteiger partial charge in [0.1, 0.15) is 11.6 Å². The van der Waals surface area contributed by atoms with Crippen LogP contribution in [0.15, 0.2) is 12.1 Å². The quantitative estimate of drug-likeness (QED) is 0.890. The van der Waals surface area contributed by atoms with Gasteiger partial charge in [-0.15, -0.1) is 11.3 Å². The minimum atomic E-state index is 0.280. The Morgan fingerprint density at radius 2 is 2.00 bits per heavy atom. The van der Waals surface area contributed by atoms with Gasteiger partial charge in [0.05, 0.1) is 16.6 Å². The molecule has 0 fully saturated rings. The minimum absolute atomic E-state index is 0.280. The van der Waals surface area contributed by atoms with E-state index in [2.05, 4.69) is 30.2 Å². The molecule has 0 amide bonds. The Labute approximate surface area is 120 Å². The molecule has 0 bridgehead atoms. The molecule has 2 aromatic heterocycles. The summed E-state index contributed by atoms with van der Waals surface area (Å²) in [5.74, 6) is 0.837. The Hall–Kier alpha value is -0.970. The third-order valence-corrected chi connectivity index (χ3v) is 4.35. The lowest BCUT2D eigenvalue weighted by Crippen LogP contribution is -2.03. The third kappa shape index (κ3) is 2.88. The molecule has 0 unspecified atom stereocenters.